The number of aryl methyl sites for hydroxylation is 1. The van der Waals surface area contributed by atoms with Crippen molar-refractivity contribution in [1.29, 1.82) is 0 Å². The number of Topliss-reactive ketones (excluding diaryl/α,β-unsaturated/α-hetero) is 1. The highest BCUT2D eigenvalue weighted by atomic mass is 19.1. The number of rotatable bonds is 7. The molecule has 0 spiro atoms. The SMILES string of the molecule is COc1c(F)cccc1Nc1c(-c2ccncc2C#CC2N(C(=O)/C=C/CN(C)C)CC2(C)C)[nH]c2c1C(=O)CCC2. The number of methoxy groups -OCH3 is 1. The lowest BCUT2D eigenvalue weighted by molar-refractivity contribution is -0.140. The first kappa shape index (κ1) is 29.1. The van der Waals surface area contributed by atoms with Crippen molar-refractivity contribution < 1.29 is 18.7 Å². The number of aromatic amines is 1. The van der Waals surface area contributed by atoms with E-state index in [1.807, 2.05) is 31.1 Å². The Morgan fingerprint density at radius 1 is 1.31 bits per heavy atom. The number of carbonyl (C=O) groups is 2. The number of anilines is 2. The predicted octanol–water partition coefficient (Wildman–Crippen LogP) is 5.19. The summed E-state index contributed by atoms with van der Waals surface area (Å²) >= 11 is 0. The fourth-order valence-electron chi connectivity index (χ4n) is 5.60. The van der Waals surface area contributed by atoms with Gasteiger partial charge in [0.25, 0.3) is 0 Å². The van der Waals surface area contributed by atoms with E-state index >= 15 is 0 Å². The summed E-state index contributed by atoms with van der Waals surface area (Å²) in [5.41, 5.74) is 4.26. The Labute approximate surface area is 246 Å². The minimum Gasteiger partial charge on any atom is -0.492 e. The molecule has 1 unspecified atom stereocenters. The number of hydrogen-bond acceptors (Lipinski definition) is 6. The molecule has 0 bridgehead atoms. The summed E-state index contributed by atoms with van der Waals surface area (Å²) in [6, 6.07) is 6.21. The number of likely N-dealkylation sites (tertiary alicyclic amines) is 1. The highest BCUT2D eigenvalue weighted by Crippen LogP contribution is 2.42. The van der Waals surface area contributed by atoms with Crippen molar-refractivity contribution in [2.45, 2.75) is 39.2 Å². The summed E-state index contributed by atoms with van der Waals surface area (Å²) < 4.78 is 19.9. The third kappa shape index (κ3) is 5.68. The average molecular weight is 570 g/mol. The third-order valence-corrected chi connectivity index (χ3v) is 7.70. The number of H-pyrrole nitrogens is 1. The number of fused-ring (bicyclic) bond motifs is 1. The predicted molar refractivity (Wildman–Crippen MR) is 161 cm³/mol. The van der Waals surface area contributed by atoms with Gasteiger partial charge in [0.2, 0.25) is 5.91 Å². The lowest BCUT2D eigenvalue weighted by Gasteiger charge is -2.51. The van der Waals surface area contributed by atoms with Crippen LogP contribution in [0.15, 0.2) is 48.8 Å². The standard InChI is InChI=1S/C33H36FN5O3/c1-33(2)20-39(28(41)13-8-18-38(3)4)27(33)15-14-21-19-35-17-16-22(21)30-31(29-24(36-30)10-7-12-26(29)40)37-25-11-6-9-23(34)32(25)42-5/h6,8-9,11,13,16-17,19,27,36-37H,7,10,12,18,20H2,1-5H3/b13-8+. The Morgan fingerprint density at radius 3 is 2.86 bits per heavy atom. The number of pyridine rings is 1. The van der Waals surface area contributed by atoms with E-state index in [4.69, 9.17) is 4.74 Å². The van der Waals surface area contributed by atoms with Gasteiger partial charge in [-0.1, -0.05) is 37.8 Å². The maximum Gasteiger partial charge on any atom is 0.247 e. The monoisotopic (exact) mass is 569 g/mol. The first-order valence-electron chi connectivity index (χ1n) is 14.1. The molecule has 1 aromatic carbocycles. The zero-order valence-electron chi connectivity index (χ0n) is 24.7. The zero-order valence-corrected chi connectivity index (χ0v) is 24.7. The fraction of sp³-hybridized carbons (Fsp3) is 0.364. The Bertz CT molecular complexity index is 1610. The molecular formula is C33H36FN5O3. The number of halogens is 1. The van der Waals surface area contributed by atoms with Gasteiger partial charge in [0, 0.05) is 54.7 Å². The van der Waals surface area contributed by atoms with E-state index in [0.29, 0.717) is 47.7 Å². The fourth-order valence-corrected chi connectivity index (χ4v) is 5.60. The van der Waals surface area contributed by atoms with Crippen LogP contribution in [0.1, 0.15) is 48.3 Å². The maximum atomic E-state index is 14.6. The van der Waals surface area contributed by atoms with E-state index in [0.717, 1.165) is 24.1 Å². The summed E-state index contributed by atoms with van der Waals surface area (Å²) in [6.07, 6.45) is 8.73. The Morgan fingerprint density at radius 2 is 2.12 bits per heavy atom. The Hall–Kier alpha value is -4.42. The van der Waals surface area contributed by atoms with Gasteiger partial charge in [-0.2, -0.15) is 0 Å². The van der Waals surface area contributed by atoms with Crippen molar-refractivity contribution in [2.75, 3.05) is 39.6 Å². The topological polar surface area (TPSA) is 90.6 Å². The number of benzene rings is 1. The minimum absolute atomic E-state index is 0.0194. The number of amides is 1. The second-order valence-electron chi connectivity index (χ2n) is 11.7. The van der Waals surface area contributed by atoms with Crippen molar-refractivity contribution >= 4 is 23.1 Å². The van der Waals surface area contributed by atoms with E-state index in [1.54, 1.807) is 35.5 Å². The molecule has 2 aromatic heterocycles. The van der Waals surface area contributed by atoms with E-state index in [1.165, 1.54) is 13.2 Å². The van der Waals surface area contributed by atoms with E-state index < -0.39 is 5.82 Å². The van der Waals surface area contributed by atoms with Crippen LogP contribution < -0.4 is 10.1 Å². The van der Waals surface area contributed by atoms with Crippen LogP contribution in [0.5, 0.6) is 5.75 Å². The van der Waals surface area contributed by atoms with E-state index in [-0.39, 0.29) is 28.9 Å². The van der Waals surface area contributed by atoms with Gasteiger partial charge >= 0.3 is 0 Å². The number of nitrogens with one attached hydrogen (secondary N) is 2. The van der Waals surface area contributed by atoms with Crippen LogP contribution in [0, 0.1) is 23.1 Å². The van der Waals surface area contributed by atoms with Gasteiger partial charge in [0.1, 0.15) is 6.04 Å². The van der Waals surface area contributed by atoms with Crippen LogP contribution in [0.4, 0.5) is 15.8 Å². The number of carbonyl (C=O) groups excluding carboxylic acids is 2. The molecule has 42 heavy (non-hydrogen) atoms. The number of hydrogen-bond donors (Lipinski definition) is 2. The lowest BCUT2D eigenvalue weighted by atomic mass is 9.75. The second-order valence-corrected chi connectivity index (χ2v) is 11.7. The molecule has 8 nitrogen and oxygen atoms in total. The molecule has 1 aliphatic heterocycles. The molecule has 1 aliphatic carbocycles. The smallest absolute Gasteiger partial charge is 0.247 e. The molecule has 1 fully saturated rings. The van der Waals surface area contributed by atoms with Crippen molar-refractivity contribution in [3.8, 4) is 28.8 Å². The summed E-state index contributed by atoms with van der Waals surface area (Å²) in [5, 5.41) is 3.30. The van der Waals surface area contributed by atoms with Crippen molar-refractivity contribution in [2.24, 2.45) is 5.41 Å². The van der Waals surface area contributed by atoms with E-state index in [2.05, 4.69) is 41.0 Å². The molecule has 1 saturated heterocycles. The maximum absolute atomic E-state index is 14.6. The molecule has 3 heterocycles. The van der Waals surface area contributed by atoms with E-state index in [9.17, 15) is 14.0 Å². The molecule has 1 atom stereocenters. The number of ether oxygens (including phenoxy) is 1. The summed E-state index contributed by atoms with van der Waals surface area (Å²) in [7, 11) is 5.31. The highest BCUT2D eigenvalue weighted by Gasteiger charge is 2.46. The summed E-state index contributed by atoms with van der Waals surface area (Å²) in [5.74, 6) is 6.13. The van der Waals surface area contributed by atoms with Crippen molar-refractivity contribution in [1.82, 2.24) is 19.8 Å². The molecule has 9 heteroatoms. The Kier molecular flexibility index (Phi) is 8.19. The van der Waals surface area contributed by atoms with Gasteiger partial charge in [0.15, 0.2) is 17.3 Å². The molecule has 1 amide bonds. The van der Waals surface area contributed by atoms with Gasteiger partial charge in [-0.25, -0.2) is 4.39 Å². The summed E-state index contributed by atoms with van der Waals surface area (Å²) in [4.78, 5) is 37.6. The summed E-state index contributed by atoms with van der Waals surface area (Å²) in [6.45, 7) is 5.50. The third-order valence-electron chi connectivity index (χ3n) is 7.70. The van der Waals surface area contributed by atoms with Gasteiger partial charge in [-0.3, -0.25) is 14.6 Å². The van der Waals surface area contributed by atoms with Gasteiger partial charge in [-0.15, -0.1) is 0 Å². The normalized spacial score (nSPS) is 17.5. The first-order chi connectivity index (χ1) is 20.1. The quantitative estimate of drug-likeness (QED) is 0.301. The molecule has 0 radical (unpaired) electrons. The average Bonchev–Trinajstić information content (AvgIpc) is 3.31. The van der Waals surface area contributed by atoms with Gasteiger partial charge in [-0.05, 0) is 45.1 Å². The van der Waals surface area contributed by atoms with Crippen molar-refractivity contribution in [3.63, 3.8) is 0 Å². The number of ketones is 1. The molecule has 5 rings (SSSR count). The van der Waals surface area contributed by atoms with Crippen LogP contribution in [-0.4, -0.2) is 71.8 Å². The van der Waals surface area contributed by atoms with Crippen LogP contribution in [0.25, 0.3) is 11.3 Å². The minimum atomic E-state index is -0.506. The zero-order chi connectivity index (χ0) is 30.0. The number of para-hydroxylation sites is 1. The first-order valence-corrected chi connectivity index (χ1v) is 14.1. The number of nitrogens with zero attached hydrogens (tertiary/aromatic N) is 3. The Balaban J connectivity index is 1.54. The molecule has 0 saturated carbocycles. The second kappa shape index (κ2) is 11.8. The number of aromatic nitrogens is 2. The highest BCUT2D eigenvalue weighted by molar-refractivity contribution is 6.07. The van der Waals surface area contributed by atoms with Crippen LogP contribution in [-0.2, 0) is 11.2 Å². The molecule has 2 N–H and O–H groups in total. The van der Waals surface area contributed by atoms with Crippen LogP contribution >= 0.6 is 0 Å². The molecular weight excluding hydrogens is 533 g/mol. The van der Waals surface area contributed by atoms with Gasteiger partial charge in [0.05, 0.1) is 35.3 Å². The molecule has 218 valence electrons. The largest absolute Gasteiger partial charge is 0.492 e. The molecule has 3 aromatic rings. The van der Waals surface area contributed by atoms with Crippen molar-refractivity contribution in [3.05, 3.63) is 71.4 Å². The van der Waals surface area contributed by atoms with Crippen LogP contribution in [0.2, 0.25) is 0 Å². The number of likely N-dealkylation sites (N-methyl/N-ethyl adjacent to an activating group) is 1. The molecule has 2 aliphatic rings. The lowest BCUT2D eigenvalue weighted by Crippen LogP contribution is -2.62. The van der Waals surface area contributed by atoms with Gasteiger partial charge < -0.3 is 24.8 Å². The van der Waals surface area contributed by atoms with Crippen LogP contribution in [0.3, 0.4) is 0 Å².